The molecular weight excluding hydrogens is 292 g/mol. The summed E-state index contributed by atoms with van der Waals surface area (Å²) in [6.07, 6.45) is -0.852. The molecule has 2 rings (SSSR count). The summed E-state index contributed by atoms with van der Waals surface area (Å²) in [7, 11) is 0. The summed E-state index contributed by atoms with van der Waals surface area (Å²) in [5, 5.41) is 9.81. The number of ether oxygens (including phenoxy) is 6. The second-order valence-electron chi connectivity index (χ2n) is 6.63. The number of hydrogen-bond acceptors (Lipinski definition) is 7. The van der Waals surface area contributed by atoms with Crippen LogP contribution in [0.25, 0.3) is 0 Å². The van der Waals surface area contributed by atoms with E-state index in [1.807, 2.05) is 27.7 Å². The first-order valence-corrected chi connectivity index (χ1v) is 7.73. The highest BCUT2D eigenvalue weighted by Gasteiger charge is 2.33. The van der Waals surface area contributed by atoms with Gasteiger partial charge in [0.25, 0.3) is 0 Å². The smallest absolute Gasteiger partial charge is 0.163 e. The van der Waals surface area contributed by atoms with Crippen LogP contribution in [0.1, 0.15) is 27.7 Å². The van der Waals surface area contributed by atoms with Gasteiger partial charge in [-0.1, -0.05) is 0 Å². The van der Waals surface area contributed by atoms with Gasteiger partial charge in [-0.05, 0) is 27.7 Å². The third-order valence-corrected chi connectivity index (χ3v) is 3.36. The quantitative estimate of drug-likeness (QED) is 0.705. The molecule has 22 heavy (non-hydrogen) atoms. The fourth-order valence-electron chi connectivity index (χ4n) is 2.41. The maximum atomic E-state index is 9.81. The highest BCUT2D eigenvalue weighted by molar-refractivity contribution is 4.71. The molecule has 2 aliphatic heterocycles. The molecule has 130 valence electrons. The van der Waals surface area contributed by atoms with Crippen LogP contribution >= 0.6 is 0 Å². The van der Waals surface area contributed by atoms with Crippen LogP contribution in [0.5, 0.6) is 0 Å². The normalized spacial score (nSPS) is 30.3. The Balaban J connectivity index is 1.49. The highest BCUT2D eigenvalue weighted by Crippen LogP contribution is 2.23. The Morgan fingerprint density at radius 3 is 1.64 bits per heavy atom. The zero-order chi connectivity index (χ0) is 16.2. The van der Waals surface area contributed by atoms with Gasteiger partial charge in [0.1, 0.15) is 18.3 Å². The summed E-state index contributed by atoms with van der Waals surface area (Å²) >= 11 is 0. The zero-order valence-corrected chi connectivity index (χ0v) is 13.9. The zero-order valence-electron chi connectivity index (χ0n) is 13.9. The van der Waals surface area contributed by atoms with Crippen LogP contribution < -0.4 is 0 Å². The summed E-state index contributed by atoms with van der Waals surface area (Å²) in [5.74, 6) is -1.10. The van der Waals surface area contributed by atoms with Gasteiger partial charge in [-0.15, -0.1) is 0 Å². The van der Waals surface area contributed by atoms with E-state index < -0.39 is 17.7 Å². The molecule has 7 nitrogen and oxygen atoms in total. The number of rotatable bonds is 8. The van der Waals surface area contributed by atoms with Crippen LogP contribution in [0.4, 0.5) is 0 Å². The molecule has 0 bridgehead atoms. The van der Waals surface area contributed by atoms with Crippen molar-refractivity contribution in [1.82, 2.24) is 0 Å². The number of aliphatic hydroxyl groups excluding tert-OH is 1. The summed E-state index contributed by atoms with van der Waals surface area (Å²) in [6.45, 7) is 9.68. The number of aliphatic hydroxyl groups is 1. The van der Waals surface area contributed by atoms with Gasteiger partial charge < -0.3 is 33.5 Å². The SMILES string of the molecule is CC1(C)OC[C@H](COCC(O)COC[C@H]2COC(C)(C)O2)O1. The first kappa shape index (κ1) is 18.1. The topological polar surface area (TPSA) is 75.6 Å². The Bertz CT molecular complexity index is 313. The van der Waals surface area contributed by atoms with Crippen LogP contribution in [0.3, 0.4) is 0 Å². The molecule has 0 aromatic heterocycles. The molecule has 0 saturated carbocycles. The predicted molar refractivity (Wildman–Crippen MR) is 77.5 cm³/mol. The maximum Gasteiger partial charge on any atom is 0.163 e. The third kappa shape index (κ3) is 6.08. The average Bonchev–Trinajstić information content (AvgIpc) is 2.92. The van der Waals surface area contributed by atoms with Gasteiger partial charge in [-0.25, -0.2) is 0 Å². The molecule has 2 aliphatic rings. The van der Waals surface area contributed by atoms with E-state index in [4.69, 9.17) is 28.4 Å². The lowest BCUT2D eigenvalue weighted by Gasteiger charge is -2.18. The molecular formula is C15H28O7. The molecule has 7 heteroatoms. The summed E-state index contributed by atoms with van der Waals surface area (Å²) in [5.41, 5.74) is 0. The van der Waals surface area contributed by atoms with E-state index in [1.54, 1.807) is 0 Å². The first-order chi connectivity index (χ1) is 10.3. The molecule has 0 unspecified atom stereocenters. The molecule has 2 fully saturated rings. The van der Waals surface area contributed by atoms with Crippen LogP contribution in [0.15, 0.2) is 0 Å². The van der Waals surface area contributed by atoms with Crippen LogP contribution in [0, 0.1) is 0 Å². The van der Waals surface area contributed by atoms with E-state index in [9.17, 15) is 5.11 Å². The fraction of sp³-hybridized carbons (Fsp3) is 1.00. The largest absolute Gasteiger partial charge is 0.388 e. The van der Waals surface area contributed by atoms with Crippen LogP contribution in [-0.4, -0.2) is 74.6 Å². The summed E-state index contributed by atoms with van der Waals surface area (Å²) in [4.78, 5) is 0. The molecule has 0 radical (unpaired) electrons. The van der Waals surface area contributed by atoms with E-state index >= 15 is 0 Å². The van der Waals surface area contributed by atoms with Gasteiger partial charge in [-0.3, -0.25) is 0 Å². The van der Waals surface area contributed by atoms with Crippen molar-refractivity contribution in [3.63, 3.8) is 0 Å². The molecule has 0 spiro atoms. The van der Waals surface area contributed by atoms with E-state index in [2.05, 4.69) is 0 Å². The second-order valence-corrected chi connectivity index (χ2v) is 6.63. The van der Waals surface area contributed by atoms with Gasteiger partial charge in [0, 0.05) is 0 Å². The Morgan fingerprint density at radius 2 is 1.32 bits per heavy atom. The number of hydrogen-bond donors (Lipinski definition) is 1. The van der Waals surface area contributed by atoms with Crippen molar-refractivity contribution in [2.24, 2.45) is 0 Å². The van der Waals surface area contributed by atoms with Crippen molar-refractivity contribution in [2.45, 2.75) is 57.6 Å². The van der Waals surface area contributed by atoms with Crippen molar-refractivity contribution in [2.75, 3.05) is 39.6 Å². The molecule has 0 amide bonds. The van der Waals surface area contributed by atoms with E-state index in [0.29, 0.717) is 26.4 Å². The lowest BCUT2D eigenvalue weighted by Crippen LogP contribution is -2.29. The van der Waals surface area contributed by atoms with Gasteiger partial charge >= 0.3 is 0 Å². The molecule has 2 atom stereocenters. The summed E-state index contributed by atoms with van der Waals surface area (Å²) < 4.78 is 33.0. The van der Waals surface area contributed by atoms with Crippen molar-refractivity contribution < 1.29 is 33.5 Å². The Kier molecular flexibility index (Phi) is 6.18. The predicted octanol–water partition coefficient (Wildman–Crippen LogP) is 0.683. The molecule has 0 aromatic rings. The summed E-state index contributed by atoms with van der Waals surface area (Å²) in [6, 6.07) is 0. The molecule has 0 aliphatic carbocycles. The maximum absolute atomic E-state index is 9.81. The van der Waals surface area contributed by atoms with Crippen molar-refractivity contribution in [3.05, 3.63) is 0 Å². The molecule has 2 heterocycles. The first-order valence-electron chi connectivity index (χ1n) is 7.73. The van der Waals surface area contributed by atoms with Gasteiger partial charge in [0.05, 0.1) is 39.6 Å². The molecule has 2 saturated heterocycles. The fourth-order valence-corrected chi connectivity index (χ4v) is 2.41. The van der Waals surface area contributed by atoms with Crippen molar-refractivity contribution >= 4 is 0 Å². The standard InChI is InChI=1S/C15H28O7/c1-14(2)19-9-12(21-14)7-17-5-11(16)6-18-8-13-10-20-15(3,4)22-13/h11-13,16H,5-10H2,1-4H3/t12-,13-/m0/s1. The van der Waals surface area contributed by atoms with E-state index in [1.165, 1.54) is 0 Å². The lowest BCUT2D eigenvalue weighted by atomic mass is 10.3. The average molecular weight is 320 g/mol. The van der Waals surface area contributed by atoms with Crippen LogP contribution in [-0.2, 0) is 28.4 Å². The van der Waals surface area contributed by atoms with Crippen molar-refractivity contribution in [3.8, 4) is 0 Å². The van der Waals surface area contributed by atoms with E-state index in [0.717, 1.165) is 0 Å². The molecule has 0 aromatic carbocycles. The minimum atomic E-state index is -0.675. The van der Waals surface area contributed by atoms with Gasteiger partial charge in [-0.2, -0.15) is 0 Å². The van der Waals surface area contributed by atoms with Gasteiger partial charge in [0.15, 0.2) is 11.6 Å². The molecule has 1 N–H and O–H groups in total. The highest BCUT2D eigenvalue weighted by atomic mass is 16.8. The van der Waals surface area contributed by atoms with Crippen molar-refractivity contribution in [1.29, 1.82) is 0 Å². The van der Waals surface area contributed by atoms with Crippen LogP contribution in [0.2, 0.25) is 0 Å². The minimum Gasteiger partial charge on any atom is -0.388 e. The monoisotopic (exact) mass is 320 g/mol. The Hall–Kier alpha value is -0.280. The van der Waals surface area contributed by atoms with E-state index in [-0.39, 0.29) is 25.4 Å². The Labute approximate surface area is 131 Å². The second kappa shape index (κ2) is 7.53. The lowest BCUT2D eigenvalue weighted by molar-refractivity contribution is -0.149. The third-order valence-electron chi connectivity index (χ3n) is 3.36. The van der Waals surface area contributed by atoms with Gasteiger partial charge in [0.2, 0.25) is 0 Å². The minimum absolute atomic E-state index is 0.0885. The Morgan fingerprint density at radius 1 is 0.909 bits per heavy atom.